The number of hydrogen-bond acceptors (Lipinski definition) is 4. The molecule has 0 aliphatic carbocycles. The van der Waals surface area contributed by atoms with E-state index in [0.29, 0.717) is 28.2 Å². The van der Waals surface area contributed by atoms with Crippen molar-refractivity contribution in [3.63, 3.8) is 0 Å². The Balaban J connectivity index is 2.06. The molecular weight excluding hydrogens is 273 g/mol. The number of likely N-dealkylation sites (N-methyl/N-ethyl adjacent to an activating group) is 1. The van der Waals surface area contributed by atoms with E-state index in [1.807, 2.05) is 13.1 Å². The molecule has 96 valence electrons. The third-order valence-electron chi connectivity index (χ3n) is 2.46. The van der Waals surface area contributed by atoms with Crippen LogP contribution in [0.2, 0.25) is 10.0 Å². The lowest BCUT2D eigenvalue weighted by molar-refractivity contribution is 0.372. The van der Waals surface area contributed by atoms with E-state index in [0.717, 1.165) is 18.5 Å². The van der Waals surface area contributed by atoms with Gasteiger partial charge in [0.2, 0.25) is 5.89 Å². The molecule has 4 nitrogen and oxygen atoms in total. The van der Waals surface area contributed by atoms with Crippen LogP contribution in [0.5, 0.6) is 0 Å². The van der Waals surface area contributed by atoms with Gasteiger partial charge >= 0.3 is 0 Å². The first-order valence-electron chi connectivity index (χ1n) is 5.59. The van der Waals surface area contributed by atoms with Crippen LogP contribution in [0.4, 0.5) is 0 Å². The zero-order valence-electron chi connectivity index (χ0n) is 9.91. The van der Waals surface area contributed by atoms with Crippen LogP contribution in [0.25, 0.3) is 0 Å². The number of benzene rings is 1. The van der Waals surface area contributed by atoms with Gasteiger partial charge in [0.1, 0.15) is 0 Å². The quantitative estimate of drug-likeness (QED) is 0.918. The largest absolute Gasteiger partial charge is 0.339 e. The van der Waals surface area contributed by atoms with E-state index in [4.69, 9.17) is 27.7 Å². The summed E-state index contributed by atoms with van der Waals surface area (Å²) in [7, 11) is 1.88. The molecule has 1 N–H and O–H groups in total. The van der Waals surface area contributed by atoms with Gasteiger partial charge in [-0.3, -0.25) is 0 Å². The third kappa shape index (κ3) is 3.45. The van der Waals surface area contributed by atoms with Gasteiger partial charge in [0.05, 0.1) is 0 Å². The fourth-order valence-electron chi connectivity index (χ4n) is 1.53. The number of nitrogens with zero attached hydrogens (tertiary/aromatic N) is 2. The summed E-state index contributed by atoms with van der Waals surface area (Å²) in [5.41, 5.74) is 0.932. The van der Waals surface area contributed by atoms with E-state index in [9.17, 15) is 0 Å². The molecule has 0 spiro atoms. The molecule has 1 aromatic heterocycles. The molecule has 0 unspecified atom stereocenters. The highest BCUT2D eigenvalue weighted by molar-refractivity contribution is 6.35. The van der Waals surface area contributed by atoms with Crippen LogP contribution >= 0.6 is 23.2 Å². The van der Waals surface area contributed by atoms with Crippen LogP contribution in [0.1, 0.15) is 17.3 Å². The van der Waals surface area contributed by atoms with E-state index in [2.05, 4.69) is 15.5 Å². The standard InChI is InChI=1S/C12H13Cl2N3O/c1-15-5-4-12-16-11(17-18-12)6-8-2-3-9(13)7-10(8)14/h2-3,7,15H,4-6H2,1H3. The SMILES string of the molecule is CNCCc1nc(Cc2ccc(Cl)cc2Cl)no1. The monoisotopic (exact) mass is 285 g/mol. The van der Waals surface area contributed by atoms with Gasteiger partial charge in [-0.05, 0) is 24.7 Å². The minimum absolute atomic E-state index is 0.541. The number of rotatable bonds is 5. The molecule has 2 rings (SSSR count). The molecular formula is C12H13Cl2N3O. The third-order valence-corrected chi connectivity index (χ3v) is 3.05. The Hall–Kier alpha value is -1.10. The number of aromatic nitrogens is 2. The predicted octanol–water partition coefficient (Wildman–Crippen LogP) is 2.73. The van der Waals surface area contributed by atoms with Crippen molar-refractivity contribution in [2.75, 3.05) is 13.6 Å². The van der Waals surface area contributed by atoms with Gasteiger partial charge in [-0.15, -0.1) is 0 Å². The summed E-state index contributed by atoms with van der Waals surface area (Å²) in [5.74, 6) is 1.26. The van der Waals surface area contributed by atoms with Gasteiger partial charge < -0.3 is 9.84 Å². The summed E-state index contributed by atoms with van der Waals surface area (Å²) in [5, 5.41) is 8.18. The highest BCUT2D eigenvalue weighted by atomic mass is 35.5. The summed E-state index contributed by atoms with van der Waals surface area (Å²) in [6.07, 6.45) is 1.26. The lowest BCUT2D eigenvalue weighted by Gasteiger charge is -2.00. The molecule has 0 radical (unpaired) electrons. The summed E-state index contributed by atoms with van der Waals surface area (Å²) >= 11 is 11.9. The van der Waals surface area contributed by atoms with Crippen molar-refractivity contribution >= 4 is 23.2 Å². The Bertz CT molecular complexity index is 528. The lowest BCUT2D eigenvalue weighted by Crippen LogP contribution is -2.10. The first-order valence-corrected chi connectivity index (χ1v) is 6.34. The molecule has 0 aliphatic rings. The highest BCUT2D eigenvalue weighted by Crippen LogP contribution is 2.22. The minimum atomic E-state index is 0.541. The predicted molar refractivity (Wildman–Crippen MR) is 71.2 cm³/mol. The van der Waals surface area contributed by atoms with Crippen molar-refractivity contribution in [2.45, 2.75) is 12.8 Å². The first kappa shape index (κ1) is 13.3. The molecule has 0 saturated carbocycles. The Morgan fingerprint density at radius 3 is 2.89 bits per heavy atom. The molecule has 0 atom stereocenters. The summed E-state index contributed by atoms with van der Waals surface area (Å²) < 4.78 is 5.13. The van der Waals surface area contributed by atoms with Crippen molar-refractivity contribution < 1.29 is 4.52 Å². The number of halogens is 2. The Kier molecular flexibility index (Phi) is 4.58. The van der Waals surface area contributed by atoms with Gasteiger partial charge in [-0.25, -0.2) is 0 Å². The molecule has 0 aliphatic heterocycles. The second-order valence-corrected chi connectivity index (χ2v) is 4.71. The lowest BCUT2D eigenvalue weighted by atomic mass is 10.1. The van der Waals surface area contributed by atoms with Gasteiger partial charge in [0, 0.05) is 29.4 Å². The van der Waals surface area contributed by atoms with Crippen LogP contribution in [0, 0.1) is 0 Å². The van der Waals surface area contributed by atoms with E-state index in [-0.39, 0.29) is 0 Å². The van der Waals surface area contributed by atoms with Gasteiger partial charge in [0.25, 0.3) is 0 Å². The average molecular weight is 286 g/mol. The molecule has 1 aromatic carbocycles. The molecule has 0 fully saturated rings. The van der Waals surface area contributed by atoms with Crippen LogP contribution in [-0.4, -0.2) is 23.7 Å². The average Bonchev–Trinajstić information content (AvgIpc) is 2.78. The highest BCUT2D eigenvalue weighted by Gasteiger charge is 2.09. The van der Waals surface area contributed by atoms with E-state index in [1.165, 1.54) is 0 Å². The van der Waals surface area contributed by atoms with Crippen LogP contribution < -0.4 is 5.32 Å². The molecule has 0 saturated heterocycles. The van der Waals surface area contributed by atoms with Crippen LogP contribution in [0.15, 0.2) is 22.7 Å². The molecule has 0 amide bonds. The second kappa shape index (κ2) is 6.18. The molecule has 0 bridgehead atoms. The van der Waals surface area contributed by atoms with Crippen molar-refractivity contribution in [3.05, 3.63) is 45.5 Å². The van der Waals surface area contributed by atoms with Crippen LogP contribution in [-0.2, 0) is 12.8 Å². The van der Waals surface area contributed by atoms with Gasteiger partial charge in [-0.2, -0.15) is 4.98 Å². The normalized spacial score (nSPS) is 10.8. The van der Waals surface area contributed by atoms with Crippen LogP contribution in [0.3, 0.4) is 0 Å². The maximum Gasteiger partial charge on any atom is 0.227 e. The zero-order chi connectivity index (χ0) is 13.0. The Morgan fingerprint density at radius 2 is 2.17 bits per heavy atom. The summed E-state index contributed by atoms with van der Waals surface area (Å²) in [4.78, 5) is 4.30. The van der Waals surface area contributed by atoms with Gasteiger partial charge in [0.15, 0.2) is 5.82 Å². The van der Waals surface area contributed by atoms with Crippen molar-refractivity contribution in [3.8, 4) is 0 Å². The zero-order valence-corrected chi connectivity index (χ0v) is 11.4. The maximum atomic E-state index is 6.09. The number of nitrogens with one attached hydrogen (secondary N) is 1. The minimum Gasteiger partial charge on any atom is -0.339 e. The maximum absolute atomic E-state index is 6.09. The topological polar surface area (TPSA) is 51.0 Å². The fraction of sp³-hybridized carbons (Fsp3) is 0.333. The first-order chi connectivity index (χ1) is 8.69. The second-order valence-electron chi connectivity index (χ2n) is 3.87. The number of hydrogen-bond donors (Lipinski definition) is 1. The van der Waals surface area contributed by atoms with E-state index in [1.54, 1.807) is 12.1 Å². The Labute approximate surface area is 115 Å². The molecule has 1 heterocycles. The molecule has 2 aromatic rings. The van der Waals surface area contributed by atoms with Crippen molar-refractivity contribution in [1.29, 1.82) is 0 Å². The van der Waals surface area contributed by atoms with Crippen molar-refractivity contribution in [2.24, 2.45) is 0 Å². The van der Waals surface area contributed by atoms with Gasteiger partial charge in [-0.1, -0.05) is 34.4 Å². The van der Waals surface area contributed by atoms with E-state index < -0.39 is 0 Å². The molecule has 6 heteroatoms. The fourth-order valence-corrected chi connectivity index (χ4v) is 2.01. The van der Waals surface area contributed by atoms with E-state index >= 15 is 0 Å². The summed E-state index contributed by atoms with van der Waals surface area (Å²) in [6.45, 7) is 0.809. The summed E-state index contributed by atoms with van der Waals surface area (Å²) in [6, 6.07) is 5.37. The Morgan fingerprint density at radius 1 is 1.33 bits per heavy atom. The van der Waals surface area contributed by atoms with Crippen molar-refractivity contribution in [1.82, 2.24) is 15.5 Å². The smallest absolute Gasteiger partial charge is 0.227 e. The molecule has 18 heavy (non-hydrogen) atoms.